The van der Waals surface area contributed by atoms with Gasteiger partial charge in [0.25, 0.3) is 5.91 Å². The van der Waals surface area contributed by atoms with Crippen LogP contribution in [0.2, 0.25) is 5.02 Å². The van der Waals surface area contributed by atoms with Gasteiger partial charge in [-0.2, -0.15) is 0 Å². The Balaban J connectivity index is 1.78. The Morgan fingerprint density at radius 1 is 1.38 bits per heavy atom. The Bertz CT molecular complexity index is 704. The number of carbonyl (C=O) groups is 1. The number of carbonyl (C=O) groups excluding carboxylic acids is 1. The average Bonchev–Trinajstić information content (AvgIpc) is 2.62. The van der Waals surface area contributed by atoms with Crippen molar-refractivity contribution in [2.24, 2.45) is 5.73 Å². The van der Waals surface area contributed by atoms with E-state index in [-0.39, 0.29) is 12.0 Å². The number of halogens is 1. The van der Waals surface area contributed by atoms with Crippen LogP contribution in [0.3, 0.4) is 0 Å². The molecular formula is C18H20ClN3O2. The number of amides is 1. The number of nitrogens with two attached hydrogens (primary N) is 1. The molecule has 1 aromatic carbocycles. The van der Waals surface area contributed by atoms with Gasteiger partial charge < -0.3 is 15.4 Å². The largest absolute Gasteiger partial charge is 0.374 e. The van der Waals surface area contributed by atoms with Crippen molar-refractivity contribution in [2.45, 2.75) is 12.5 Å². The van der Waals surface area contributed by atoms with E-state index in [1.807, 2.05) is 35.2 Å². The van der Waals surface area contributed by atoms with Crippen molar-refractivity contribution >= 4 is 17.5 Å². The van der Waals surface area contributed by atoms with Crippen molar-refractivity contribution < 1.29 is 9.53 Å². The topological polar surface area (TPSA) is 68.5 Å². The first-order chi connectivity index (χ1) is 11.7. The predicted octanol–water partition coefficient (Wildman–Crippen LogP) is 2.59. The van der Waals surface area contributed by atoms with Crippen LogP contribution in [-0.4, -0.2) is 48.1 Å². The lowest BCUT2D eigenvalue weighted by Crippen LogP contribution is -2.46. The molecule has 1 saturated heterocycles. The van der Waals surface area contributed by atoms with Gasteiger partial charge in [0.05, 0.1) is 23.4 Å². The van der Waals surface area contributed by atoms with E-state index < -0.39 is 0 Å². The Morgan fingerprint density at radius 3 is 3.00 bits per heavy atom. The summed E-state index contributed by atoms with van der Waals surface area (Å²) in [6.45, 7) is 2.29. The second-order valence-corrected chi connectivity index (χ2v) is 6.20. The van der Waals surface area contributed by atoms with Gasteiger partial charge in [-0.15, -0.1) is 0 Å². The van der Waals surface area contributed by atoms with Crippen molar-refractivity contribution in [1.29, 1.82) is 0 Å². The summed E-state index contributed by atoms with van der Waals surface area (Å²) in [5, 5.41) is 0.588. The lowest BCUT2D eigenvalue weighted by Gasteiger charge is -2.33. The van der Waals surface area contributed by atoms with E-state index in [0.717, 1.165) is 17.7 Å². The zero-order valence-electron chi connectivity index (χ0n) is 13.3. The van der Waals surface area contributed by atoms with Gasteiger partial charge in [-0.1, -0.05) is 23.7 Å². The Labute approximate surface area is 146 Å². The molecule has 24 heavy (non-hydrogen) atoms. The first kappa shape index (κ1) is 16.9. The van der Waals surface area contributed by atoms with Crippen LogP contribution in [0.25, 0.3) is 11.3 Å². The second kappa shape index (κ2) is 7.75. The third kappa shape index (κ3) is 3.93. The third-order valence-corrected chi connectivity index (χ3v) is 4.27. The fourth-order valence-corrected chi connectivity index (χ4v) is 2.92. The van der Waals surface area contributed by atoms with E-state index in [4.69, 9.17) is 22.1 Å². The average molecular weight is 346 g/mol. The summed E-state index contributed by atoms with van der Waals surface area (Å²) in [7, 11) is 0. The van der Waals surface area contributed by atoms with E-state index in [9.17, 15) is 4.79 Å². The number of ether oxygens (including phenoxy) is 1. The lowest BCUT2D eigenvalue weighted by molar-refractivity contribution is -0.0236. The Kier molecular flexibility index (Phi) is 5.45. The molecule has 6 heteroatoms. The summed E-state index contributed by atoms with van der Waals surface area (Å²) in [5.41, 5.74) is 7.92. The van der Waals surface area contributed by atoms with E-state index in [1.54, 1.807) is 12.3 Å². The molecule has 1 atom stereocenters. The predicted molar refractivity (Wildman–Crippen MR) is 94.0 cm³/mol. The molecule has 1 fully saturated rings. The van der Waals surface area contributed by atoms with Crippen molar-refractivity contribution in [3.8, 4) is 11.3 Å². The molecule has 0 radical (unpaired) electrons. The van der Waals surface area contributed by atoms with Crippen LogP contribution >= 0.6 is 11.6 Å². The van der Waals surface area contributed by atoms with E-state index in [2.05, 4.69) is 4.98 Å². The molecule has 2 heterocycles. The van der Waals surface area contributed by atoms with Gasteiger partial charge in [0.15, 0.2) is 0 Å². The third-order valence-electron chi connectivity index (χ3n) is 4.05. The number of hydrogen-bond donors (Lipinski definition) is 1. The number of hydrogen-bond acceptors (Lipinski definition) is 4. The fraction of sp³-hybridized carbons (Fsp3) is 0.333. The quantitative estimate of drug-likeness (QED) is 0.924. The van der Waals surface area contributed by atoms with Crippen LogP contribution in [-0.2, 0) is 4.74 Å². The SMILES string of the molecule is NCC[C@H]1CN(C(=O)c2cccc(-c3ccc(Cl)cn3)c2)CCO1. The smallest absolute Gasteiger partial charge is 0.254 e. The monoisotopic (exact) mass is 345 g/mol. The molecule has 5 nitrogen and oxygen atoms in total. The van der Waals surface area contributed by atoms with E-state index >= 15 is 0 Å². The highest BCUT2D eigenvalue weighted by Gasteiger charge is 2.24. The molecule has 0 saturated carbocycles. The molecule has 2 N–H and O–H groups in total. The maximum atomic E-state index is 12.8. The molecule has 0 aliphatic carbocycles. The molecule has 0 unspecified atom stereocenters. The molecule has 1 aliphatic heterocycles. The molecule has 0 bridgehead atoms. The van der Waals surface area contributed by atoms with Gasteiger partial charge in [0.1, 0.15) is 0 Å². The van der Waals surface area contributed by atoms with Gasteiger partial charge in [-0.3, -0.25) is 9.78 Å². The maximum Gasteiger partial charge on any atom is 0.254 e. The van der Waals surface area contributed by atoms with Gasteiger partial charge in [0.2, 0.25) is 0 Å². The summed E-state index contributed by atoms with van der Waals surface area (Å²) in [4.78, 5) is 18.9. The molecule has 1 amide bonds. The van der Waals surface area contributed by atoms with Crippen LogP contribution in [0.1, 0.15) is 16.8 Å². The van der Waals surface area contributed by atoms with Crippen molar-refractivity contribution in [3.05, 3.63) is 53.2 Å². The zero-order valence-corrected chi connectivity index (χ0v) is 14.1. The van der Waals surface area contributed by atoms with Crippen molar-refractivity contribution in [2.75, 3.05) is 26.2 Å². The molecule has 2 aromatic rings. The molecule has 0 spiro atoms. The first-order valence-electron chi connectivity index (χ1n) is 8.00. The Hall–Kier alpha value is -1.95. The first-order valence-corrected chi connectivity index (χ1v) is 8.38. The fourth-order valence-electron chi connectivity index (χ4n) is 2.81. The van der Waals surface area contributed by atoms with E-state index in [0.29, 0.717) is 36.8 Å². The van der Waals surface area contributed by atoms with Crippen molar-refractivity contribution in [1.82, 2.24) is 9.88 Å². The number of morpholine rings is 1. The summed E-state index contributed by atoms with van der Waals surface area (Å²) in [5.74, 6) is 0.0103. The highest BCUT2D eigenvalue weighted by Crippen LogP contribution is 2.21. The highest BCUT2D eigenvalue weighted by atomic mass is 35.5. The molecule has 1 aliphatic rings. The van der Waals surface area contributed by atoms with Crippen molar-refractivity contribution in [3.63, 3.8) is 0 Å². The van der Waals surface area contributed by atoms with Gasteiger partial charge >= 0.3 is 0 Å². The summed E-state index contributed by atoms with van der Waals surface area (Å²) < 4.78 is 5.64. The van der Waals surface area contributed by atoms with E-state index in [1.165, 1.54) is 0 Å². The maximum absolute atomic E-state index is 12.8. The zero-order chi connectivity index (χ0) is 16.9. The van der Waals surface area contributed by atoms with Crippen LogP contribution < -0.4 is 5.73 Å². The van der Waals surface area contributed by atoms with Crippen LogP contribution in [0.4, 0.5) is 0 Å². The number of nitrogens with zero attached hydrogens (tertiary/aromatic N) is 2. The minimum absolute atomic E-state index is 0.0103. The molecule has 126 valence electrons. The van der Waals surface area contributed by atoms with Crippen LogP contribution in [0.5, 0.6) is 0 Å². The number of pyridine rings is 1. The second-order valence-electron chi connectivity index (χ2n) is 5.76. The summed E-state index contributed by atoms with van der Waals surface area (Å²) >= 11 is 5.88. The van der Waals surface area contributed by atoms with Crippen LogP contribution in [0, 0.1) is 0 Å². The number of rotatable bonds is 4. The molecular weight excluding hydrogens is 326 g/mol. The Morgan fingerprint density at radius 2 is 2.25 bits per heavy atom. The minimum Gasteiger partial charge on any atom is -0.374 e. The number of aromatic nitrogens is 1. The summed E-state index contributed by atoms with van der Waals surface area (Å²) in [6, 6.07) is 11.1. The highest BCUT2D eigenvalue weighted by molar-refractivity contribution is 6.30. The minimum atomic E-state index is 0.0103. The number of benzene rings is 1. The normalized spacial score (nSPS) is 17.8. The van der Waals surface area contributed by atoms with Gasteiger partial charge in [-0.05, 0) is 37.2 Å². The van der Waals surface area contributed by atoms with Gasteiger partial charge in [-0.25, -0.2) is 0 Å². The van der Waals surface area contributed by atoms with Gasteiger partial charge in [0, 0.05) is 30.4 Å². The molecule has 1 aromatic heterocycles. The molecule has 3 rings (SSSR count). The van der Waals surface area contributed by atoms with Crippen LogP contribution in [0.15, 0.2) is 42.6 Å². The summed E-state index contributed by atoms with van der Waals surface area (Å²) in [6.07, 6.45) is 2.39. The lowest BCUT2D eigenvalue weighted by atomic mass is 10.1. The standard InChI is InChI=1S/C18H20ClN3O2/c19-15-4-5-17(21-11-15)13-2-1-3-14(10-13)18(23)22-8-9-24-16(12-22)6-7-20/h1-5,10-11,16H,6-9,12,20H2/t16-/m0/s1.